The van der Waals surface area contributed by atoms with E-state index in [4.69, 9.17) is 0 Å². The first kappa shape index (κ1) is 15.4. The molecule has 0 radical (unpaired) electrons. The number of carbonyl (C=O) groups is 1. The summed E-state index contributed by atoms with van der Waals surface area (Å²) >= 11 is 0. The summed E-state index contributed by atoms with van der Waals surface area (Å²) in [5.41, 5.74) is 0. The lowest BCUT2D eigenvalue weighted by atomic mass is 10.3. The Balaban J connectivity index is 2.19. The largest absolute Gasteiger partial charge is 0.343 e. The first-order valence-electron chi connectivity index (χ1n) is 6.66. The zero-order chi connectivity index (χ0) is 13.6. The Morgan fingerprint density at radius 2 is 1.94 bits per heavy atom. The van der Waals surface area contributed by atoms with Gasteiger partial charge in [0.2, 0.25) is 5.91 Å². The molecule has 1 amide bonds. The minimum Gasteiger partial charge on any atom is -0.343 e. The van der Waals surface area contributed by atoms with Crippen molar-refractivity contribution in [1.82, 2.24) is 10.2 Å². The number of likely N-dealkylation sites (tertiary alicyclic amines) is 1. The maximum absolute atomic E-state index is 11.7. The number of hydrogen-bond donors (Lipinski definition) is 1. The zero-order valence-electron chi connectivity index (χ0n) is 11.3. The smallest absolute Gasteiger partial charge is 0.223 e. The lowest BCUT2D eigenvalue weighted by Crippen LogP contribution is -2.37. The van der Waals surface area contributed by atoms with Crippen molar-refractivity contribution in [1.29, 1.82) is 0 Å². The summed E-state index contributed by atoms with van der Waals surface area (Å²) in [6, 6.07) is -0.0960. The van der Waals surface area contributed by atoms with Crippen molar-refractivity contribution in [3.05, 3.63) is 0 Å². The van der Waals surface area contributed by atoms with Gasteiger partial charge in [0.1, 0.15) is 0 Å². The minimum absolute atomic E-state index is 0.0960. The van der Waals surface area contributed by atoms with Gasteiger partial charge in [0.25, 0.3) is 0 Å². The second-order valence-corrected chi connectivity index (χ2v) is 7.29. The van der Waals surface area contributed by atoms with E-state index in [1.165, 1.54) is 0 Å². The fourth-order valence-corrected chi connectivity index (χ4v) is 3.22. The highest BCUT2D eigenvalue weighted by Crippen LogP contribution is 2.08. The van der Waals surface area contributed by atoms with Crippen LogP contribution >= 0.6 is 0 Å². The van der Waals surface area contributed by atoms with Crippen LogP contribution in [0.1, 0.15) is 33.1 Å². The van der Waals surface area contributed by atoms with Crippen molar-refractivity contribution in [2.45, 2.75) is 39.2 Å². The predicted molar refractivity (Wildman–Crippen MR) is 72.2 cm³/mol. The molecule has 0 spiro atoms. The number of amides is 1. The van der Waals surface area contributed by atoms with E-state index in [-0.39, 0.29) is 23.5 Å². The van der Waals surface area contributed by atoms with Gasteiger partial charge in [-0.2, -0.15) is 0 Å². The van der Waals surface area contributed by atoms with Gasteiger partial charge in [-0.05, 0) is 19.8 Å². The molecule has 1 aliphatic heterocycles. The highest BCUT2D eigenvalue weighted by atomic mass is 32.2. The standard InChI is InChI=1S/C12H24N2O3S/c1-3-18(16,17)10-11(2)13-7-6-12(15)14-8-4-5-9-14/h11,13H,3-10H2,1-2H3. The average molecular weight is 276 g/mol. The third-order valence-electron chi connectivity index (χ3n) is 3.23. The van der Waals surface area contributed by atoms with Crippen molar-refractivity contribution in [3.63, 3.8) is 0 Å². The summed E-state index contributed by atoms with van der Waals surface area (Å²) in [7, 11) is -2.94. The van der Waals surface area contributed by atoms with E-state index in [9.17, 15) is 13.2 Å². The molecule has 0 aromatic carbocycles. The monoisotopic (exact) mass is 276 g/mol. The molecular weight excluding hydrogens is 252 g/mol. The minimum atomic E-state index is -2.94. The van der Waals surface area contributed by atoms with Gasteiger partial charge in [-0.15, -0.1) is 0 Å². The van der Waals surface area contributed by atoms with Gasteiger partial charge in [0.15, 0.2) is 9.84 Å². The van der Waals surface area contributed by atoms with Crippen LogP contribution in [0.2, 0.25) is 0 Å². The van der Waals surface area contributed by atoms with E-state index in [1.807, 2.05) is 11.8 Å². The lowest BCUT2D eigenvalue weighted by molar-refractivity contribution is -0.130. The average Bonchev–Trinajstić information content (AvgIpc) is 2.81. The molecular formula is C12H24N2O3S. The van der Waals surface area contributed by atoms with Crippen LogP contribution in [0.15, 0.2) is 0 Å². The summed E-state index contributed by atoms with van der Waals surface area (Å²) in [4.78, 5) is 13.6. The van der Waals surface area contributed by atoms with E-state index in [0.717, 1.165) is 25.9 Å². The van der Waals surface area contributed by atoms with Gasteiger partial charge < -0.3 is 10.2 Å². The number of nitrogens with zero attached hydrogens (tertiary/aromatic N) is 1. The van der Waals surface area contributed by atoms with Gasteiger partial charge in [-0.3, -0.25) is 4.79 Å². The normalized spacial score (nSPS) is 18.0. The summed E-state index contributed by atoms with van der Waals surface area (Å²) < 4.78 is 22.8. The van der Waals surface area contributed by atoms with Gasteiger partial charge in [-0.25, -0.2) is 8.42 Å². The lowest BCUT2D eigenvalue weighted by Gasteiger charge is -2.17. The molecule has 1 atom stereocenters. The zero-order valence-corrected chi connectivity index (χ0v) is 12.1. The molecule has 1 heterocycles. The fourth-order valence-electron chi connectivity index (χ4n) is 2.11. The third-order valence-corrected chi connectivity index (χ3v) is 5.12. The fraction of sp³-hybridized carbons (Fsp3) is 0.917. The number of rotatable bonds is 7. The molecule has 1 saturated heterocycles. The van der Waals surface area contributed by atoms with E-state index in [0.29, 0.717) is 13.0 Å². The number of nitrogens with one attached hydrogen (secondary N) is 1. The molecule has 1 N–H and O–H groups in total. The molecule has 0 aromatic rings. The SMILES string of the molecule is CCS(=O)(=O)CC(C)NCCC(=O)N1CCCC1. The predicted octanol–water partition coefficient (Wildman–Crippen LogP) is 0.412. The maximum Gasteiger partial charge on any atom is 0.223 e. The molecule has 0 aromatic heterocycles. The van der Waals surface area contributed by atoms with Crippen LogP contribution in [0.4, 0.5) is 0 Å². The number of hydrogen-bond acceptors (Lipinski definition) is 4. The van der Waals surface area contributed by atoms with Crippen molar-refractivity contribution in [3.8, 4) is 0 Å². The van der Waals surface area contributed by atoms with Crippen LogP contribution in [0, 0.1) is 0 Å². The number of carbonyl (C=O) groups excluding carboxylic acids is 1. The van der Waals surface area contributed by atoms with Crippen molar-refractivity contribution < 1.29 is 13.2 Å². The Morgan fingerprint density at radius 3 is 2.50 bits per heavy atom. The summed E-state index contributed by atoms with van der Waals surface area (Å²) in [6.07, 6.45) is 2.66. The Labute approximate surface area is 110 Å². The molecule has 1 fully saturated rings. The summed E-state index contributed by atoms with van der Waals surface area (Å²) in [6.45, 7) is 5.79. The Hall–Kier alpha value is -0.620. The first-order chi connectivity index (χ1) is 8.44. The van der Waals surface area contributed by atoms with Crippen LogP contribution in [0.5, 0.6) is 0 Å². The second-order valence-electron chi connectivity index (χ2n) is 4.89. The quantitative estimate of drug-likeness (QED) is 0.731. The molecule has 1 aliphatic rings. The number of sulfone groups is 1. The molecule has 6 heteroatoms. The van der Waals surface area contributed by atoms with Crippen molar-refractivity contribution >= 4 is 15.7 Å². The Bertz CT molecular complexity index is 362. The van der Waals surface area contributed by atoms with Gasteiger partial charge >= 0.3 is 0 Å². The Kier molecular flexibility index (Phi) is 6.08. The van der Waals surface area contributed by atoms with Crippen molar-refractivity contribution in [2.24, 2.45) is 0 Å². The van der Waals surface area contributed by atoms with Crippen LogP contribution < -0.4 is 5.32 Å². The van der Waals surface area contributed by atoms with E-state index in [1.54, 1.807) is 6.92 Å². The Morgan fingerprint density at radius 1 is 1.33 bits per heavy atom. The van der Waals surface area contributed by atoms with E-state index >= 15 is 0 Å². The van der Waals surface area contributed by atoms with Gasteiger partial charge in [-0.1, -0.05) is 6.92 Å². The molecule has 1 unspecified atom stereocenters. The van der Waals surface area contributed by atoms with Crippen molar-refractivity contribution in [2.75, 3.05) is 31.1 Å². The van der Waals surface area contributed by atoms with Crippen LogP contribution in [0.25, 0.3) is 0 Å². The van der Waals surface area contributed by atoms with Crippen LogP contribution in [-0.4, -0.2) is 56.4 Å². The van der Waals surface area contributed by atoms with Crippen LogP contribution in [-0.2, 0) is 14.6 Å². The first-order valence-corrected chi connectivity index (χ1v) is 8.48. The van der Waals surface area contributed by atoms with Gasteiger partial charge in [0, 0.05) is 37.8 Å². The molecule has 0 aliphatic carbocycles. The summed E-state index contributed by atoms with van der Waals surface area (Å²) in [5.74, 6) is 0.484. The second kappa shape index (κ2) is 7.09. The van der Waals surface area contributed by atoms with E-state index < -0.39 is 9.84 Å². The molecule has 106 valence electrons. The summed E-state index contributed by atoms with van der Waals surface area (Å²) in [5, 5.41) is 3.10. The molecule has 1 rings (SSSR count). The topological polar surface area (TPSA) is 66.5 Å². The molecule has 0 bridgehead atoms. The maximum atomic E-state index is 11.7. The molecule has 18 heavy (non-hydrogen) atoms. The molecule has 5 nitrogen and oxygen atoms in total. The highest BCUT2D eigenvalue weighted by Gasteiger charge is 2.18. The van der Waals surface area contributed by atoms with Crippen LogP contribution in [0.3, 0.4) is 0 Å². The third kappa shape index (κ3) is 5.35. The molecule has 0 saturated carbocycles. The van der Waals surface area contributed by atoms with Gasteiger partial charge in [0.05, 0.1) is 5.75 Å². The highest BCUT2D eigenvalue weighted by molar-refractivity contribution is 7.91. The van der Waals surface area contributed by atoms with E-state index in [2.05, 4.69) is 5.32 Å².